The number of hydrogen-bond acceptors (Lipinski definition) is 4. The molecule has 0 aliphatic carbocycles. The van der Waals surface area contributed by atoms with Crippen LogP contribution < -0.4 is 10.1 Å². The van der Waals surface area contributed by atoms with Gasteiger partial charge in [-0.1, -0.05) is 6.07 Å². The fourth-order valence-electron chi connectivity index (χ4n) is 2.56. The number of carbonyl (C=O) groups excluding carboxylic acids is 1. The molecule has 1 aliphatic heterocycles. The normalized spacial score (nSPS) is 17.5. The first-order chi connectivity index (χ1) is 9.60. The summed E-state index contributed by atoms with van der Waals surface area (Å²) in [5, 5.41) is 16.9. The van der Waals surface area contributed by atoms with E-state index in [0.29, 0.717) is 18.0 Å². The monoisotopic (exact) mass is 273 g/mol. The van der Waals surface area contributed by atoms with Crippen molar-refractivity contribution in [2.45, 2.75) is 12.3 Å². The predicted molar refractivity (Wildman–Crippen MR) is 73.0 cm³/mol. The van der Waals surface area contributed by atoms with Gasteiger partial charge in [-0.3, -0.25) is 9.48 Å². The summed E-state index contributed by atoms with van der Waals surface area (Å²) in [4.78, 5) is 11.8. The first kappa shape index (κ1) is 12.5. The fraction of sp³-hybridized carbons (Fsp3) is 0.286. The quantitative estimate of drug-likeness (QED) is 0.871. The Hall–Kier alpha value is -2.50. The highest BCUT2D eigenvalue weighted by atomic mass is 16.5. The summed E-state index contributed by atoms with van der Waals surface area (Å²) in [5.41, 5.74) is 1.82. The highest BCUT2D eigenvalue weighted by Crippen LogP contribution is 2.39. The second-order valence-corrected chi connectivity index (χ2v) is 4.81. The molecule has 2 heterocycles. The third kappa shape index (κ3) is 1.89. The lowest BCUT2D eigenvalue weighted by molar-refractivity contribution is -0.116. The fourth-order valence-corrected chi connectivity index (χ4v) is 2.56. The minimum absolute atomic E-state index is 0.0543. The van der Waals surface area contributed by atoms with E-state index in [-0.39, 0.29) is 17.6 Å². The number of hydrogen-bond donors (Lipinski definition) is 2. The van der Waals surface area contributed by atoms with Gasteiger partial charge in [0.2, 0.25) is 5.91 Å². The van der Waals surface area contributed by atoms with Crippen LogP contribution in [-0.2, 0) is 11.8 Å². The summed E-state index contributed by atoms with van der Waals surface area (Å²) >= 11 is 0. The molecule has 0 saturated heterocycles. The number of phenolic OH excluding ortho intramolecular Hbond substituents is 1. The number of aromatic nitrogens is 2. The smallest absolute Gasteiger partial charge is 0.226 e. The van der Waals surface area contributed by atoms with E-state index in [4.69, 9.17) is 4.74 Å². The molecule has 1 amide bonds. The molecule has 20 heavy (non-hydrogen) atoms. The molecule has 1 atom stereocenters. The van der Waals surface area contributed by atoms with Crippen molar-refractivity contribution in [3.05, 3.63) is 35.5 Å². The number of ether oxygens (including phenoxy) is 1. The number of aryl methyl sites for hydroxylation is 1. The van der Waals surface area contributed by atoms with Crippen LogP contribution in [0.25, 0.3) is 0 Å². The van der Waals surface area contributed by atoms with Crippen LogP contribution in [0.2, 0.25) is 0 Å². The predicted octanol–water partition coefficient (Wildman–Crippen LogP) is 1.61. The maximum absolute atomic E-state index is 11.8. The van der Waals surface area contributed by atoms with Crippen molar-refractivity contribution >= 4 is 11.7 Å². The largest absolute Gasteiger partial charge is 0.504 e. The summed E-state index contributed by atoms with van der Waals surface area (Å²) in [5.74, 6) is 1.04. The van der Waals surface area contributed by atoms with Gasteiger partial charge in [-0.05, 0) is 17.7 Å². The van der Waals surface area contributed by atoms with Gasteiger partial charge in [0, 0.05) is 24.9 Å². The second-order valence-electron chi connectivity index (χ2n) is 4.81. The Morgan fingerprint density at radius 1 is 1.50 bits per heavy atom. The average molecular weight is 273 g/mol. The summed E-state index contributed by atoms with van der Waals surface area (Å²) in [6, 6.07) is 5.20. The van der Waals surface area contributed by atoms with Crippen molar-refractivity contribution in [3.63, 3.8) is 0 Å². The molecule has 6 nitrogen and oxygen atoms in total. The van der Waals surface area contributed by atoms with Crippen LogP contribution in [0.4, 0.5) is 5.82 Å². The van der Waals surface area contributed by atoms with E-state index in [1.54, 1.807) is 30.1 Å². The summed E-state index contributed by atoms with van der Waals surface area (Å²) < 4.78 is 6.68. The van der Waals surface area contributed by atoms with Crippen LogP contribution in [-0.4, -0.2) is 27.9 Å². The Morgan fingerprint density at radius 3 is 3.00 bits per heavy atom. The molecule has 2 N–H and O–H groups in total. The number of nitrogens with zero attached hydrogens (tertiary/aromatic N) is 2. The zero-order valence-corrected chi connectivity index (χ0v) is 11.3. The van der Waals surface area contributed by atoms with Gasteiger partial charge in [0.05, 0.1) is 13.3 Å². The number of phenols is 1. The van der Waals surface area contributed by atoms with E-state index in [1.807, 2.05) is 6.07 Å². The van der Waals surface area contributed by atoms with Crippen LogP contribution in [0.1, 0.15) is 23.5 Å². The van der Waals surface area contributed by atoms with Crippen LogP contribution >= 0.6 is 0 Å². The number of aromatic hydroxyl groups is 1. The molecule has 0 radical (unpaired) electrons. The third-order valence-corrected chi connectivity index (χ3v) is 3.60. The van der Waals surface area contributed by atoms with Crippen molar-refractivity contribution < 1.29 is 14.6 Å². The van der Waals surface area contributed by atoms with E-state index in [0.717, 1.165) is 11.1 Å². The lowest BCUT2D eigenvalue weighted by atomic mass is 9.87. The number of carbonyl (C=O) groups is 1. The van der Waals surface area contributed by atoms with E-state index in [1.165, 1.54) is 7.11 Å². The molecular weight excluding hydrogens is 258 g/mol. The maximum atomic E-state index is 11.8. The summed E-state index contributed by atoms with van der Waals surface area (Å²) in [6.45, 7) is 0. The maximum Gasteiger partial charge on any atom is 0.226 e. The molecule has 6 heteroatoms. The number of rotatable bonds is 2. The van der Waals surface area contributed by atoms with Crippen molar-refractivity contribution in [2.24, 2.45) is 7.05 Å². The molecule has 2 aromatic rings. The number of amides is 1. The number of nitrogens with one attached hydrogen (secondary N) is 1. The molecule has 0 fully saturated rings. The highest BCUT2D eigenvalue weighted by Gasteiger charge is 2.29. The first-order valence-electron chi connectivity index (χ1n) is 6.28. The summed E-state index contributed by atoms with van der Waals surface area (Å²) in [6.07, 6.45) is 2.09. The zero-order chi connectivity index (χ0) is 14.3. The Kier molecular flexibility index (Phi) is 2.85. The topological polar surface area (TPSA) is 76.4 Å². The van der Waals surface area contributed by atoms with Gasteiger partial charge in [0.1, 0.15) is 5.82 Å². The van der Waals surface area contributed by atoms with E-state index in [9.17, 15) is 9.90 Å². The molecule has 0 spiro atoms. The molecule has 104 valence electrons. The molecule has 1 aromatic heterocycles. The molecule has 1 aliphatic rings. The lowest BCUT2D eigenvalue weighted by Gasteiger charge is -2.23. The number of benzene rings is 1. The van der Waals surface area contributed by atoms with Crippen LogP contribution in [0.15, 0.2) is 24.4 Å². The van der Waals surface area contributed by atoms with Gasteiger partial charge >= 0.3 is 0 Å². The Balaban J connectivity index is 2.06. The minimum Gasteiger partial charge on any atom is -0.504 e. The van der Waals surface area contributed by atoms with Crippen molar-refractivity contribution in [1.29, 1.82) is 0 Å². The lowest BCUT2D eigenvalue weighted by Crippen LogP contribution is -2.24. The second kappa shape index (κ2) is 4.56. The van der Waals surface area contributed by atoms with Gasteiger partial charge in [0.25, 0.3) is 0 Å². The van der Waals surface area contributed by atoms with Gasteiger partial charge in [-0.2, -0.15) is 5.10 Å². The molecule has 1 aromatic carbocycles. The number of fused-ring (bicyclic) bond motifs is 1. The van der Waals surface area contributed by atoms with E-state index in [2.05, 4.69) is 10.4 Å². The summed E-state index contributed by atoms with van der Waals surface area (Å²) in [7, 11) is 3.29. The Labute approximate surface area is 116 Å². The van der Waals surface area contributed by atoms with Gasteiger partial charge in [0.15, 0.2) is 11.5 Å². The van der Waals surface area contributed by atoms with Gasteiger partial charge in [-0.15, -0.1) is 0 Å². The van der Waals surface area contributed by atoms with E-state index < -0.39 is 0 Å². The SMILES string of the molecule is COc1ccc(C2CC(=O)Nc3c2cnn3C)cc1O. The molecular formula is C14H15N3O3. The van der Waals surface area contributed by atoms with Crippen LogP contribution in [0.3, 0.4) is 0 Å². The Morgan fingerprint density at radius 2 is 2.30 bits per heavy atom. The number of anilines is 1. The van der Waals surface area contributed by atoms with Crippen LogP contribution in [0, 0.1) is 0 Å². The average Bonchev–Trinajstić information content (AvgIpc) is 2.79. The highest BCUT2D eigenvalue weighted by molar-refractivity contribution is 5.94. The standard InChI is InChI=1S/C14H15N3O3/c1-17-14-10(7-15-17)9(6-13(19)16-14)8-3-4-12(20-2)11(18)5-8/h3-5,7,9,18H,6H2,1-2H3,(H,16,19). The van der Waals surface area contributed by atoms with Crippen molar-refractivity contribution in [2.75, 3.05) is 12.4 Å². The molecule has 0 saturated carbocycles. The van der Waals surface area contributed by atoms with Crippen LogP contribution in [0.5, 0.6) is 11.5 Å². The van der Waals surface area contributed by atoms with Gasteiger partial charge in [-0.25, -0.2) is 0 Å². The van der Waals surface area contributed by atoms with Gasteiger partial charge < -0.3 is 15.2 Å². The van der Waals surface area contributed by atoms with E-state index >= 15 is 0 Å². The zero-order valence-electron chi connectivity index (χ0n) is 11.3. The number of methoxy groups -OCH3 is 1. The molecule has 3 rings (SSSR count). The third-order valence-electron chi connectivity index (χ3n) is 3.60. The van der Waals surface area contributed by atoms with Crippen molar-refractivity contribution in [1.82, 2.24) is 9.78 Å². The molecule has 0 bridgehead atoms. The molecule has 1 unspecified atom stereocenters. The van der Waals surface area contributed by atoms with Crippen molar-refractivity contribution in [3.8, 4) is 11.5 Å². The first-order valence-corrected chi connectivity index (χ1v) is 6.28. The Bertz CT molecular complexity index is 678. The minimum atomic E-state index is -0.107.